The maximum atomic E-state index is 12.9. The highest BCUT2D eigenvalue weighted by Crippen LogP contribution is 2.44. The number of likely N-dealkylation sites (tertiary alicyclic amines) is 1. The van der Waals surface area contributed by atoms with E-state index in [4.69, 9.17) is 9.84 Å². The summed E-state index contributed by atoms with van der Waals surface area (Å²) in [6, 6.07) is 15.5. The summed E-state index contributed by atoms with van der Waals surface area (Å²) in [5.41, 5.74) is 4.54. The van der Waals surface area contributed by atoms with Crippen LogP contribution in [-0.4, -0.2) is 79.3 Å². The normalized spacial score (nSPS) is 16.0. The Hall–Kier alpha value is -3.39. The van der Waals surface area contributed by atoms with Crippen LogP contribution < -0.4 is 5.32 Å². The summed E-state index contributed by atoms with van der Waals surface area (Å²) in [5, 5.41) is 11.6. The Morgan fingerprint density at radius 1 is 1.06 bits per heavy atom. The first-order valence-electron chi connectivity index (χ1n) is 11.1. The number of aliphatic carboxylic acids is 1. The number of likely N-dealkylation sites (N-methyl/N-ethyl adjacent to an activating group) is 1. The number of fused-ring (bicyclic) bond motifs is 3. The smallest absolute Gasteiger partial charge is 0.407 e. The number of rotatable bonds is 8. The number of nitrogens with zero attached hydrogens (tertiary/aromatic N) is 2. The van der Waals surface area contributed by atoms with Gasteiger partial charge in [-0.2, -0.15) is 0 Å². The van der Waals surface area contributed by atoms with Crippen molar-refractivity contribution in [2.75, 3.05) is 40.3 Å². The van der Waals surface area contributed by atoms with Crippen LogP contribution in [0.2, 0.25) is 0 Å². The summed E-state index contributed by atoms with van der Waals surface area (Å²) >= 11 is 0. The van der Waals surface area contributed by atoms with Crippen LogP contribution in [0, 0.1) is 5.92 Å². The van der Waals surface area contributed by atoms with Gasteiger partial charge in [-0.25, -0.2) is 4.79 Å². The van der Waals surface area contributed by atoms with Crippen LogP contribution in [0.1, 0.15) is 23.5 Å². The number of alkyl carbamates (subject to hydrolysis) is 1. The number of nitrogens with one attached hydrogen (secondary N) is 1. The van der Waals surface area contributed by atoms with E-state index in [1.165, 1.54) is 0 Å². The third-order valence-corrected chi connectivity index (χ3v) is 6.21. The first-order valence-corrected chi connectivity index (χ1v) is 11.1. The van der Waals surface area contributed by atoms with Gasteiger partial charge in [-0.3, -0.25) is 9.59 Å². The molecule has 1 fully saturated rings. The van der Waals surface area contributed by atoms with Gasteiger partial charge in [0.2, 0.25) is 5.91 Å². The summed E-state index contributed by atoms with van der Waals surface area (Å²) in [6.45, 7) is 1.28. The number of benzene rings is 2. The summed E-state index contributed by atoms with van der Waals surface area (Å²) in [4.78, 5) is 39.8. The zero-order valence-electron chi connectivity index (χ0n) is 18.9. The average Bonchev–Trinajstić information content (AvgIpc) is 3.07. The number of carboxylic acid groups (broad SMARTS) is 1. The van der Waals surface area contributed by atoms with Gasteiger partial charge in [0, 0.05) is 31.5 Å². The third kappa shape index (κ3) is 5.01. The minimum Gasteiger partial charge on any atom is -0.481 e. The van der Waals surface area contributed by atoms with Gasteiger partial charge in [0.05, 0.1) is 6.42 Å². The molecule has 2 amide bonds. The zero-order valence-corrected chi connectivity index (χ0v) is 18.9. The summed E-state index contributed by atoms with van der Waals surface area (Å²) in [5.74, 6) is -1.19. The lowest BCUT2D eigenvalue weighted by atomic mass is 9.95. The molecule has 0 unspecified atom stereocenters. The van der Waals surface area contributed by atoms with E-state index in [1.807, 2.05) is 43.3 Å². The van der Waals surface area contributed by atoms with Crippen LogP contribution in [0.4, 0.5) is 4.79 Å². The Morgan fingerprint density at radius 2 is 1.64 bits per heavy atom. The molecule has 2 aromatic rings. The van der Waals surface area contributed by atoms with E-state index in [0.717, 1.165) is 22.3 Å². The molecule has 1 saturated heterocycles. The molecular formula is C25H29N3O5. The largest absolute Gasteiger partial charge is 0.481 e. The molecule has 0 aromatic heterocycles. The van der Waals surface area contributed by atoms with Crippen molar-refractivity contribution in [1.29, 1.82) is 0 Å². The molecule has 0 spiro atoms. The first-order chi connectivity index (χ1) is 15.8. The lowest BCUT2D eigenvalue weighted by molar-refractivity contribution is -0.146. The Morgan fingerprint density at radius 3 is 2.18 bits per heavy atom. The molecule has 4 rings (SSSR count). The van der Waals surface area contributed by atoms with Crippen LogP contribution >= 0.6 is 0 Å². The van der Waals surface area contributed by atoms with Crippen LogP contribution in [0.5, 0.6) is 0 Å². The Balaban J connectivity index is 1.37. The van der Waals surface area contributed by atoms with Crippen LogP contribution in [0.15, 0.2) is 48.5 Å². The summed E-state index contributed by atoms with van der Waals surface area (Å²) in [6.07, 6.45) is -0.596. The van der Waals surface area contributed by atoms with Crippen molar-refractivity contribution in [2.24, 2.45) is 5.92 Å². The molecule has 2 aromatic carbocycles. The van der Waals surface area contributed by atoms with Gasteiger partial charge in [-0.15, -0.1) is 0 Å². The second-order valence-electron chi connectivity index (χ2n) is 8.99. The Labute approximate surface area is 193 Å². The molecule has 33 heavy (non-hydrogen) atoms. The van der Waals surface area contributed by atoms with Crippen molar-refractivity contribution in [3.8, 4) is 11.1 Å². The van der Waals surface area contributed by atoms with Crippen molar-refractivity contribution in [3.05, 3.63) is 59.7 Å². The highest BCUT2D eigenvalue weighted by molar-refractivity contribution is 5.87. The number of carboxylic acids is 1. The lowest BCUT2D eigenvalue weighted by Crippen LogP contribution is -2.59. The zero-order chi connectivity index (χ0) is 23.5. The number of ether oxygens (including phenoxy) is 1. The predicted octanol–water partition coefficient (Wildman–Crippen LogP) is 2.39. The van der Waals surface area contributed by atoms with E-state index in [-0.39, 0.29) is 30.8 Å². The maximum absolute atomic E-state index is 12.9. The predicted molar refractivity (Wildman–Crippen MR) is 123 cm³/mol. The molecule has 1 aliphatic carbocycles. The fraction of sp³-hybridized carbons (Fsp3) is 0.400. The molecule has 1 aliphatic heterocycles. The molecule has 1 atom stereocenters. The fourth-order valence-electron chi connectivity index (χ4n) is 4.68. The van der Waals surface area contributed by atoms with Crippen molar-refractivity contribution in [3.63, 3.8) is 0 Å². The van der Waals surface area contributed by atoms with E-state index in [0.29, 0.717) is 19.6 Å². The SMILES string of the molecule is CN(C)C[C@H](NC(=O)OCC1c2ccccc2-c2ccccc21)C(=O)N1CC(CC(=O)O)C1. The highest BCUT2D eigenvalue weighted by Gasteiger charge is 2.36. The summed E-state index contributed by atoms with van der Waals surface area (Å²) < 4.78 is 5.59. The molecule has 8 heteroatoms. The van der Waals surface area contributed by atoms with Gasteiger partial charge < -0.3 is 25.0 Å². The van der Waals surface area contributed by atoms with E-state index >= 15 is 0 Å². The molecule has 0 bridgehead atoms. The van der Waals surface area contributed by atoms with Crippen LogP contribution in [0.3, 0.4) is 0 Å². The molecule has 0 radical (unpaired) electrons. The Bertz CT molecular complexity index is 1000. The van der Waals surface area contributed by atoms with Crippen LogP contribution in [0.25, 0.3) is 11.1 Å². The number of hydrogen-bond acceptors (Lipinski definition) is 5. The van der Waals surface area contributed by atoms with Gasteiger partial charge >= 0.3 is 12.1 Å². The monoisotopic (exact) mass is 451 g/mol. The molecule has 0 saturated carbocycles. The molecule has 174 valence electrons. The number of hydrogen-bond donors (Lipinski definition) is 2. The van der Waals surface area contributed by atoms with Crippen molar-refractivity contribution < 1.29 is 24.2 Å². The van der Waals surface area contributed by atoms with Gasteiger partial charge in [0.1, 0.15) is 12.6 Å². The second-order valence-corrected chi connectivity index (χ2v) is 8.99. The molecule has 2 N–H and O–H groups in total. The van der Waals surface area contributed by atoms with E-state index in [1.54, 1.807) is 4.90 Å². The van der Waals surface area contributed by atoms with Crippen molar-refractivity contribution >= 4 is 18.0 Å². The van der Waals surface area contributed by atoms with E-state index in [9.17, 15) is 14.4 Å². The van der Waals surface area contributed by atoms with Gasteiger partial charge in [-0.05, 0) is 36.3 Å². The first kappa shape index (κ1) is 22.8. The second kappa shape index (κ2) is 9.62. The lowest BCUT2D eigenvalue weighted by Gasteiger charge is -2.40. The number of carbonyl (C=O) groups is 3. The highest BCUT2D eigenvalue weighted by atomic mass is 16.5. The quantitative estimate of drug-likeness (QED) is 0.640. The van der Waals surface area contributed by atoms with E-state index in [2.05, 4.69) is 29.6 Å². The maximum Gasteiger partial charge on any atom is 0.407 e. The molecule has 8 nitrogen and oxygen atoms in total. The van der Waals surface area contributed by atoms with Crippen molar-refractivity contribution in [2.45, 2.75) is 18.4 Å². The fourth-order valence-corrected chi connectivity index (χ4v) is 4.68. The molecule has 1 heterocycles. The molecule has 2 aliphatic rings. The summed E-state index contributed by atoms with van der Waals surface area (Å²) in [7, 11) is 3.64. The van der Waals surface area contributed by atoms with Crippen LogP contribution in [-0.2, 0) is 14.3 Å². The number of amides is 2. The van der Waals surface area contributed by atoms with Gasteiger partial charge in [-0.1, -0.05) is 48.5 Å². The van der Waals surface area contributed by atoms with Gasteiger partial charge in [0.15, 0.2) is 0 Å². The minimum absolute atomic E-state index is 0.0408. The standard InChI is InChI=1S/C25H29N3O5/c1-27(2)14-22(24(31)28-12-16(13-28)11-23(29)30)26-25(32)33-15-21-19-9-5-3-7-17(19)18-8-4-6-10-20(18)21/h3-10,16,21-22H,11-15H2,1-2H3,(H,26,32)(H,29,30)/t22-/m0/s1. The Kier molecular flexibility index (Phi) is 6.65. The number of carbonyl (C=O) groups excluding carboxylic acids is 2. The average molecular weight is 452 g/mol. The third-order valence-electron chi connectivity index (χ3n) is 6.21. The van der Waals surface area contributed by atoms with Crippen molar-refractivity contribution in [1.82, 2.24) is 15.1 Å². The topological polar surface area (TPSA) is 99.2 Å². The van der Waals surface area contributed by atoms with E-state index < -0.39 is 18.1 Å². The van der Waals surface area contributed by atoms with Gasteiger partial charge in [0.25, 0.3) is 0 Å². The minimum atomic E-state index is -0.867. The molecular weight excluding hydrogens is 422 g/mol.